The van der Waals surface area contributed by atoms with Crippen LogP contribution in [0.4, 0.5) is 35.4 Å². The second kappa shape index (κ2) is 27.1. The first kappa shape index (κ1) is 64.3. The number of methoxy groups -OCH3 is 1. The van der Waals surface area contributed by atoms with E-state index >= 15 is 0 Å². The third-order valence-corrected chi connectivity index (χ3v) is 17.9. The van der Waals surface area contributed by atoms with E-state index in [1.54, 1.807) is 21.8 Å². The Kier molecular flexibility index (Phi) is 19.6. The lowest BCUT2D eigenvalue weighted by atomic mass is 9.65. The first-order valence-electron chi connectivity index (χ1n) is 29.6. The molecule has 2 aromatic carbocycles. The summed E-state index contributed by atoms with van der Waals surface area (Å²) < 4.78 is 52.3. The molecule has 3 aromatic heterocycles. The summed E-state index contributed by atoms with van der Waals surface area (Å²) >= 11 is 0. The van der Waals surface area contributed by atoms with Crippen LogP contribution in [0.2, 0.25) is 0 Å². The van der Waals surface area contributed by atoms with Gasteiger partial charge in [0.1, 0.15) is 16.7 Å². The first-order chi connectivity index (χ1) is 42.5. The molecule has 0 bridgehead atoms. The summed E-state index contributed by atoms with van der Waals surface area (Å²) in [6, 6.07) is 25.6. The summed E-state index contributed by atoms with van der Waals surface area (Å²) in [6.45, 7) is 3.14. The highest BCUT2D eigenvalue weighted by Crippen LogP contribution is 2.50. The van der Waals surface area contributed by atoms with Crippen molar-refractivity contribution < 1.29 is 51.4 Å². The smallest absolute Gasteiger partial charge is 0.412 e. The fourth-order valence-corrected chi connectivity index (χ4v) is 12.0. The molecule has 6 fully saturated rings. The standard InChI is InChI=1S/C28H30N6O2.C18H23N5O3.C15H19F3N6O3/c29-15-12-28(34-19-24(25(30)35)26(32-34)31-27(36)23-10-11-23)13-16-33(17-14-28)18-20-6-8-22(9-7-20)21-4-2-1-3-5-21;19-8-7-18(5-3-17(4-6-18)10-26-11-17)23-9-13(14(20)24)15(22-23)21-16(25)12-1-2-12;1-27-13(26)21-12-10(11(20)25)8-24(22-12)14(2-5-19)3-6-23(7-4-14)9-15(16,17)18/h1-9,19,23H,10-14,16-18H2,(H2,30,35)(H,31,32,36);9,12H,1-7,10-11H2,(H2,20,24)(H,21,22,25);8H,2-4,6-7,9H2,1H3,(H2,20,25)(H,21,22,26). The largest absolute Gasteiger partial charge is 0.453 e. The van der Waals surface area contributed by atoms with Crippen LogP contribution in [0.15, 0.2) is 73.2 Å². The van der Waals surface area contributed by atoms with Crippen LogP contribution in [0.1, 0.15) is 133 Å². The number of primary amides is 3. The zero-order valence-corrected chi connectivity index (χ0v) is 49.4. The Hall–Kier alpha value is -9.17. The Morgan fingerprint density at radius 3 is 1.34 bits per heavy atom. The molecule has 9 N–H and O–H groups in total. The van der Waals surface area contributed by atoms with Gasteiger partial charge in [-0.3, -0.25) is 53.1 Å². The molecule has 11 rings (SSSR count). The molecule has 0 atom stereocenters. The lowest BCUT2D eigenvalue weighted by Crippen LogP contribution is -2.50. The molecule has 3 aliphatic carbocycles. The second-order valence-corrected chi connectivity index (χ2v) is 24.1. The third kappa shape index (κ3) is 15.4. The van der Waals surface area contributed by atoms with E-state index < -0.39 is 53.2 Å². The van der Waals surface area contributed by atoms with Crippen molar-refractivity contribution in [1.82, 2.24) is 39.1 Å². The van der Waals surface area contributed by atoms with Crippen LogP contribution in [-0.4, -0.2) is 134 Å². The number of rotatable bonds is 18. The number of nitrogens with two attached hydrogens (primary N) is 3. The molecule has 470 valence electrons. The minimum absolute atomic E-state index is 0.00194. The normalized spacial score (nSPS) is 18.9. The van der Waals surface area contributed by atoms with Gasteiger partial charge in [-0.15, -0.1) is 0 Å². The fourth-order valence-electron chi connectivity index (χ4n) is 12.0. The summed E-state index contributed by atoms with van der Waals surface area (Å²) in [4.78, 5) is 75.0. The summed E-state index contributed by atoms with van der Waals surface area (Å²) in [6.07, 6.45) is 8.64. The van der Waals surface area contributed by atoms with Gasteiger partial charge in [-0.05, 0) is 93.7 Å². The summed E-state index contributed by atoms with van der Waals surface area (Å²) in [5.41, 5.74) is 18.6. The van der Waals surface area contributed by atoms with Gasteiger partial charge in [-0.2, -0.15) is 44.3 Å². The van der Waals surface area contributed by atoms with E-state index in [-0.39, 0.29) is 102 Å². The highest BCUT2D eigenvalue weighted by molar-refractivity contribution is 6.04. The van der Waals surface area contributed by atoms with Gasteiger partial charge in [0.2, 0.25) is 11.8 Å². The second-order valence-electron chi connectivity index (χ2n) is 24.1. The SMILES string of the molecule is COC(=O)Nc1nn(C2(CC#N)CCN(CC(F)(F)F)CC2)cc1C(N)=O.N#CCC1(n2cc(C(N)=O)c(NC(=O)C3CC3)n2)CCC2(CC1)COC2.N#CCC1(n2cc(C(N)=O)c(NC(=O)C3CC3)n2)CCN(Cc2ccc(-c3ccccc3)cc2)CC1. The van der Waals surface area contributed by atoms with Crippen molar-refractivity contribution in [2.45, 2.75) is 126 Å². The lowest BCUT2D eigenvalue weighted by Gasteiger charge is -2.50. The predicted molar refractivity (Wildman–Crippen MR) is 315 cm³/mol. The molecular formula is C61H72F3N17O8. The van der Waals surface area contributed by atoms with Gasteiger partial charge < -0.3 is 37.3 Å². The van der Waals surface area contributed by atoms with Crippen molar-refractivity contribution in [3.8, 4) is 29.3 Å². The molecule has 5 aromatic rings. The highest BCUT2D eigenvalue weighted by Gasteiger charge is 2.49. The molecule has 3 saturated heterocycles. The van der Waals surface area contributed by atoms with Crippen LogP contribution in [0.25, 0.3) is 11.1 Å². The maximum atomic E-state index is 12.6. The van der Waals surface area contributed by atoms with Crippen LogP contribution in [-0.2, 0) is 42.2 Å². The van der Waals surface area contributed by atoms with Crippen molar-refractivity contribution in [2.24, 2.45) is 34.5 Å². The van der Waals surface area contributed by atoms with Crippen LogP contribution in [0, 0.1) is 51.2 Å². The number of carbonyl (C=O) groups excluding carboxylic acids is 6. The maximum Gasteiger partial charge on any atom is 0.412 e. The average molecular weight is 1230 g/mol. The van der Waals surface area contributed by atoms with E-state index in [9.17, 15) is 57.7 Å². The first-order valence-corrected chi connectivity index (χ1v) is 29.6. The molecular weight excluding hydrogens is 1160 g/mol. The number of benzene rings is 2. The molecule has 25 nitrogen and oxygen atoms in total. The minimum atomic E-state index is -4.31. The molecule has 28 heteroatoms. The lowest BCUT2D eigenvalue weighted by molar-refractivity contribution is -0.150. The van der Waals surface area contributed by atoms with E-state index in [4.69, 9.17) is 21.9 Å². The maximum absolute atomic E-state index is 12.6. The van der Waals surface area contributed by atoms with Gasteiger partial charge in [-0.25, -0.2) is 4.79 Å². The molecule has 1 spiro atoms. The number of nitriles is 3. The topological polar surface area (TPSA) is 366 Å². The van der Waals surface area contributed by atoms with Gasteiger partial charge in [0, 0.05) is 68.6 Å². The zero-order valence-electron chi connectivity index (χ0n) is 49.4. The van der Waals surface area contributed by atoms with E-state index in [1.807, 2.05) is 24.3 Å². The number of nitrogens with one attached hydrogen (secondary N) is 3. The highest BCUT2D eigenvalue weighted by atomic mass is 19.4. The molecule has 89 heavy (non-hydrogen) atoms. The van der Waals surface area contributed by atoms with E-state index in [0.29, 0.717) is 19.3 Å². The number of anilines is 3. The van der Waals surface area contributed by atoms with Gasteiger partial charge in [-0.1, -0.05) is 54.6 Å². The number of hydrogen-bond donors (Lipinski definition) is 6. The summed E-state index contributed by atoms with van der Waals surface area (Å²) in [5.74, 6) is -2.14. The molecule has 6 heterocycles. The van der Waals surface area contributed by atoms with Crippen molar-refractivity contribution in [3.05, 3.63) is 95.4 Å². The third-order valence-electron chi connectivity index (χ3n) is 17.9. The number of aromatic nitrogens is 6. The molecule has 6 aliphatic rings. The number of ether oxygens (including phenoxy) is 2. The number of halogens is 3. The summed E-state index contributed by atoms with van der Waals surface area (Å²) in [7, 11) is 1.13. The fraction of sp³-hybridized carbons (Fsp3) is 0.508. The van der Waals surface area contributed by atoms with Crippen LogP contribution >= 0.6 is 0 Å². The van der Waals surface area contributed by atoms with Crippen molar-refractivity contribution >= 4 is 53.1 Å². The number of alkyl halides is 3. The van der Waals surface area contributed by atoms with Crippen LogP contribution in [0.3, 0.4) is 0 Å². The number of likely N-dealkylation sites (tertiary alicyclic amines) is 2. The monoisotopic (exact) mass is 1230 g/mol. The Morgan fingerprint density at radius 2 is 0.978 bits per heavy atom. The van der Waals surface area contributed by atoms with Crippen LogP contribution < -0.4 is 33.2 Å². The Morgan fingerprint density at radius 1 is 0.584 bits per heavy atom. The van der Waals surface area contributed by atoms with Crippen molar-refractivity contribution in [2.75, 3.05) is 69.0 Å². The zero-order chi connectivity index (χ0) is 63.7. The van der Waals surface area contributed by atoms with Gasteiger partial charge in [0.25, 0.3) is 17.7 Å². The number of nitrogens with zero attached hydrogens (tertiary/aromatic N) is 11. The molecule has 0 radical (unpaired) electrons. The van der Waals surface area contributed by atoms with Crippen molar-refractivity contribution in [3.63, 3.8) is 0 Å². The van der Waals surface area contributed by atoms with E-state index in [1.165, 1.54) is 32.5 Å². The number of carbonyl (C=O) groups is 6. The average Bonchev–Trinajstić information content (AvgIpc) is 1.80. The Labute approximate surface area is 511 Å². The minimum Gasteiger partial charge on any atom is -0.453 e. The Balaban J connectivity index is 0.000000162. The molecule has 3 aliphatic heterocycles. The number of amides is 6. The van der Waals surface area contributed by atoms with Gasteiger partial charge in [0.15, 0.2) is 17.5 Å². The predicted octanol–water partition coefficient (Wildman–Crippen LogP) is 6.86. The van der Waals surface area contributed by atoms with Crippen LogP contribution in [0.5, 0.6) is 0 Å². The number of hydrogen-bond acceptors (Lipinski definition) is 16. The van der Waals surface area contributed by atoms with E-state index in [2.05, 4.69) is 89.4 Å². The number of piperidine rings is 2. The molecule has 3 saturated carbocycles. The van der Waals surface area contributed by atoms with E-state index in [0.717, 1.165) is 91.3 Å². The molecule has 0 unspecified atom stereocenters. The quantitative estimate of drug-likeness (QED) is 0.0522. The van der Waals surface area contributed by atoms with Gasteiger partial charge >= 0.3 is 12.3 Å². The van der Waals surface area contributed by atoms with Crippen molar-refractivity contribution in [1.29, 1.82) is 15.8 Å². The molecule has 6 amide bonds. The summed E-state index contributed by atoms with van der Waals surface area (Å²) in [5, 5.41) is 49.2. The van der Waals surface area contributed by atoms with Gasteiger partial charge in [0.05, 0.1) is 81.0 Å². The Bertz CT molecular complexity index is 3520.